The molecule has 4 nitrogen and oxygen atoms in total. The molecule has 2 aromatic rings. The van der Waals surface area contributed by atoms with Crippen LogP contribution in [0.3, 0.4) is 0 Å². The van der Waals surface area contributed by atoms with Crippen LogP contribution in [0.4, 0.5) is 14.5 Å². The van der Waals surface area contributed by atoms with Gasteiger partial charge in [-0.15, -0.1) is 0 Å². The topological polar surface area (TPSA) is 47.6 Å². The van der Waals surface area contributed by atoms with Gasteiger partial charge in [-0.05, 0) is 36.8 Å². The van der Waals surface area contributed by atoms with E-state index in [4.69, 9.17) is 16.3 Å². The molecule has 0 aliphatic heterocycles. The van der Waals surface area contributed by atoms with E-state index in [2.05, 4.69) is 10.1 Å². The average Bonchev–Trinajstić information content (AvgIpc) is 2.55. The lowest BCUT2D eigenvalue weighted by atomic mass is 10.2. The third kappa shape index (κ3) is 6.04. The number of ether oxygens (including phenoxy) is 2. The first kappa shape index (κ1) is 18.0. The molecule has 0 spiro atoms. The van der Waals surface area contributed by atoms with E-state index in [0.717, 1.165) is 5.75 Å². The summed E-state index contributed by atoms with van der Waals surface area (Å²) in [6.45, 7) is -2.54. The normalized spacial score (nSPS) is 10.5. The van der Waals surface area contributed by atoms with Gasteiger partial charge in [-0.1, -0.05) is 29.8 Å². The van der Waals surface area contributed by atoms with Crippen molar-refractivity contribution in [3.8, 4) is 11.5 Å². The molecule has 0 aromatic heterocycles. The second kappa shape index (κ2) is 9.08. The molecule has 7 heteroatoms. The van der Waals surface area contributed by atoms with Crippen molar-refractivity contribution >= 4 is 23.2 Å². The monoisotopic (exact) mass is 355 g/mol. The van der Waals surface area contributed by atoms with Gasteiger partial charge in [0.25, 0.3) is 0 Å². The molecule has 1 amide bonds. The van der Waals surface area contributed by atoms with E-state index in [1.54, 1.807) is 0 Å². The van der Waals surface area contributed by atoms with E-state index in [0.29, 0.717) is 18.7 Å². The Balaban J connectivity index is 1.75. The predicted molar refractivity (Wildman–Crippen MR) is 87.9 cm³/mol. The Morgan fingerprint density at radius 3 is 2.58 bits per heavy atom. The number of amides is 1. The van der Waals surface area contributed by atoms with Crippen molar-refractivity contribution in [2.24, 2.45) is 0 Å². The maximum absolute atomic E-state index is 12.1. The molecular formula is C17H16ClF2NO3. The molecule has 2 aromatic carbocycles. The Kier molecular flexibility index (Phi) is 6.81. The van der Waals surface area contributed by atoms with Crippen molar-refractivity contribution in [2.45, 2.75) is 19.5 Å². The standard InChI is InChI=1S/C17H16ClF2NO3/c18-14-11-12(8-9-15(14)24-17(19)20)21-16(22)7-4-10-23-13-5-2-1-3-6-13/h1-3,5-6,8-9,11,17H,4,7,10H2,(H,21,22). The molecule has 0 radical (unpaired) electrons. The van der Waals surface area contributed by atoms with Crippen LogP contribution in [-0.2, 0) is 4.79 Å². The number of carbonyl (C=O) groups excluding carboxylic acids is 1. The van der Waals surface area contributed by atoms with E-state index in [1.807, 2.05) is 30.3 Å². The van der Waals surface area contributed by atoms with Crippen molar-refractivity contribution in [2.75, 3.05) is 11.9 Å². The number of nitrogens with one attached hydrogen (secondary N) is 1. The molecule has 0 unspecified atom stereocenters. The Bertz CT molecular complexity index is 668. The summed E-state index contributed by atoms with van der Waals surface area (Å²) >= 11 is 5.82. The Hall–Kier alpha value is -2.34. The summed E-state index contributed by atoms with van der Waals surface area (Å²) in [5.41, 5.74) is 0.413. The molecule has 0 saturated heterocycles. The van der Waals surface area contributed by atoms with Crippen molar-refractivity contribution in [3.63, 3.8) is 0 Å². The smallest absolute Gasteiger partial charge is 0.387 e. The number of alkyl halides is 2. The fourth-order valence-electron chi connectivity index (χ4n) is 1.93. The van der Waals surface area contributed by atoms with E-state index in [9.17, 15) is 13.6 Å². The van der Waals surface area contributed by atoms with Gasteiger partial charge in [-0.25, -0.2) is 0 Å². The number of hydrogen-bond donors (Lipinski definition) is 1. The molecule has 0 saturated carbocycles. The zero-order chi connectivity index (χ0) is 17.4. The number of anilines is 1. The second-order valence-corrected chi connectivity index (χ2v) is 5.24. The zero-order valence-electron chi connectivity index (χ0n) is 12.7. The number of para-hydroxylation sites is 1. The SMILES string of the molecule is O=C(CCCOc1ccccc1)Nc1ccc(OC(F)F)c(Cl)c1. The molecule has 24 heavy (non-hydrogen) atoms. The van der Waals surface area contributed by atoms with Crippen LogP contribution in [0.15, 0.2) is 48.5 Å². The quantitative estimate of drug-likeness (QED) is 0.696. The summed E-state index contributed by atoms with van der Waals surface area (Å²) in [5, 5.41) is 2.64. The van der Waals surface area contributed by atoms with Crippen molar-refractivity contribution < 1.29 is 23.0 Å². The molecule has 0 bridgehead atoms. The summed E-state index contributed by atoms with van der Waals surface area (Å²) in [6, 6.07) is 13.4. The van der Waals surface area contributed by atoms with Crippen LogP contribution in [0, 0.1) is 0 Å². The maximum Gasteiger partial charge on any atom is 0.387 e. The van der Waals surface area contributed by atoms with Crippen LogP contribution in [0.1, 0.15) is 12.8 Å². The molecule has 0 heterocycles. The van der Waals surface area contributed by atoms with Crippen LogP contribution >= 0.6 is 11.6 Å². The highest BCUT2D eigenvalue weighted by atomic mass is 35.5. The number of carbonyl (C=O) groups is 1. The first-order valence-electron chi connectivity index (χ1n) is 7.26. The molecule has 0 atom stereocenters. The highest BCUT2D eigenvalue weighted by molar-refractivity contribution is 6.32. The first-order chi connectivity index (χ1) is 11.5. The van der Waals surface area contributed by atoms with Gasteiger partial charge >= 0.3 is 6.61 Å². The van der Waals surface area contributed by atoms with Gasteiger partial charge < -0.3 is 14.8 Å². The highest BCUT2D eigenvalue weighted by Gasteiger charge is 2.10. The number of rotatable bonds is 8. The third-order valence-electron chi connectivity index (χ3n) is 2.99. The predicted octanol–water partition coefficient (Wildman–Crippen LogP) is 4.74. The number of halogens is 3. The van der Waals surface area contributed by atoms with Crippen LogP contribution in [0.25, 0.3) is 0 Å². The van der Waals surface area contributed by atoms with Crippen molar-refractivity contribution in [1.82, 2.24) is 0 Å². The lowest BCUT2D eigenvalue weighted by Crippen LogP contribution is -2.13. The second-order valence-electron chi connectivity index (χ2n) is 4.84. The Labute approximate surface area is 143 Å². The van der Waals surface area contributed by atoms with Crippen LogP contribution in [0.2, 0.25) is 5.02 Å². The highest BCUT2D eigenvalue weighted by Crippen LogP contribution is 2.29. The molecule has 0 fully saturated rings. The first-order valence-corrected chi connectivity index (χ1v) is 7.64. The maximum atomic E-state index is 12.1. The van der Waals surface area contributed by atoms with Gasteiger partial charge in [0.15, 0.2) is 0 Å². The van der Waals surface area contributed by atoms with Gasteiger partial charge in [0.1, 0.15) is 11.5 Å². The molecular weight excluding hydrogens is 340 g/mol. The minimum Gasteiger partial charge on any atom is -0.494 e. The fourth-order valence-corrected chi connectivity index (χ4v) is 2.16. The number of benzene rings is 2. The minimum atomic E-state index is -2.95. The van der Waals surface area contributed by atoms with Crippen LogP contribution in [-0.4, -0.2) is 19.1 Å². The summed E-state index contributed by atoms with van der Waals surface area (Å²) in [5.74, 6) is 0.394. The zero-order valence-corrected chi connectivity index (χ0v) is 13.4. The van der Waals surface area contributed by atoms with Gasteiger partial charge in [0.2, 0.25) is 5.91 Å². The molecule has 1 N–H and O–H groups in total. The molecule has 0 aliphatic rings. The largest absolute Gasteiger partial charge is 0.494 e. The van der Waals surface area contributed by atoms with Crippen molar-refractivity contribution in [3.05, 3.63) is 53.6 Å². The lowest BCUT2D eigenvalue weighted by Gasteiger charge is -2.10. The van der Waals surface area contributed by atoms with E-state index >= 15 is 0 Å². The fraction of sp³-hybridized carbons (Fsp3) is 0.235. The van der Waals surface area contributed by atoms with Crippen molar-refractivity contribution in [1.29, 1.82) is 0 Å². The Morgan fingerprint density at radius 1 is 1.17 bits per heavy atom. The lowest BCUT2D eigenvalue weighted by molar-refractivity contribution is -0.116. The molecule has 128 valence electrons. The minimum absolute atomic E-state index is 0.000473. The average molecular weight is 356 g/mol. The molecule has 2 rings (SSSR count). The van der Waals surface area contributed by atoms with Crippen LogP contribution in [0.5, 0.6) is 11.5 Å². The van der Waals surface area contributed by atoms with Crippen LogP contribution < -0.4 is 14.8 Å². The molecule has 0 aliphatic carbocycles. The Morgan fingerprint density at radius 2 is 1.92 bits per heavy atom. The van der Waals surface area contributed by atoms with Gasteiger partial charge in [-0.2, -0.15) is 8.78 Å². The third-order valence-corrected chi connectivity index (χ3v) is 3.29. The van der Waals surface area contributed by atoms with Gasteiger partial charge in [0, 0.05) is 12.1 Å². The van der Waals surface area contributed by atoms with E-state index in [1.165, 1.54) is 18.2 Å². The van der Waals surface area contributed by atoms with Gasteiger partial charge in [0.05, 0.1) is 11.6 Å². The summed E-state index contributed by atoms with van der Waals surface area (Å²) in [6.07, 6.45) is 0.806. The number of hydrogen-bond acceptors (Lipinski definition) is 3. The summed E-state index contributed by atoms with van der Waals surface area (Å²) < 4.78 is 34.0. The van der Waals surface area contributed by atoms with Gasteiger partial charge in [-0.3, -0.25) is 4.79 Å². The summed E-state index contributed by atoms with van der Waals surface area (Å²) in [7, 11) is 0. The summed E-state index contributed by atoms with van der Waals surface area (Å²) in [4.78, 5) is 11.8. The van der Waals surface area contributed by atoms with E-state index < -0.39 is 6.61 Å². The van der Waals surface area contributed by atoms with E-state index in [-0.39, 0.29) is 23.1 Å².